The molecule has 0 radical (unpaired) electrons. The molecule has 1 aromatic heterocycles. The van der Waals surface area contributed by atoms with Gasteiger partial charge in [0.1, 0.15) is 17.5 Å². The summed E-state index contributed by atoms with van der Waals surface area (Å²) in [4.78, 5) is 13.4. The van der Waals surface area contributed by atoms with Crippen LogP contribution in [0.5, 0.6) is 0 Å². The maximum atomic E-state index is 5.54. The van der Waals surface area contributed by atoms with Crippen molar-refractivity contribution in [3.8, 4) is 0 Å². The zero-order valence-electron chi connectivity index (χ0n) is 12.7. The van der Waals surface area contributed by atoms with Crippen LogP contribution in [0, 0.1) is 6.92 Å². The van der Waals surface area contributed by atoms with E-state index in [-0.39, 0.29) is 0 Å². The van der Waals surface area contributed by atoms with Gasteiger partial charge in [-0.1, -0.05) is 6.92 Å². The summed E-state index contributed by atoms with van der Waals surface area (Å²) in [5.74, 6) is 8.05. The summed E-state index contributed by atoms with van der Waals surface area (Å²) in [6, 6.07) is 0. The molecule has 0 unspecified atom stereocenters. The van der Waals surface area contributed by atoms with Crippen LogP contribution in [0.25, 0.3) is 0 Å². The molecule has 0 aromatic carbocycles. The minimum absolute atomic E-state index is 0.713. The number of hydrogen-bond acceptors (Lipinski definition) is 6. The van der Waals surface area contributed by atoms with E-state index < -0.39 is 0 Å². The SMILES string of the molecule is CCCc1nc(NN)c(C)c(N(C)CCN(C)C)n1. The van der Waals surface area contributed by atoms with Gasteiger partial charge in [0.2, 0.25) is 0 Å². The molecule has 0 atom stereocenters. The molecule has 108 valence electrons. The van der Waals surface area contributed by atoms with E-state index in [1.165, 1.54) is 0 Å². The fourth-order valence-corrected chi connectivity index (χ4v) is 1.85. The van der Waals surface area contributed by atoms with Gasteiger partial charge in [0, 0.05) is 32.1 Å². The molecule has 0 bridgehead atoms. The number of nitrogen functional groups attached to an aromatic ring is 1. The zero-order chi connectivity index (χ0) is 14.4. The highest BCUT2D eigenvalue weighted by Crippen LogP contribution is 2.22. The molecule has 0 spiro atoms. The molecular weight excluding hydrogens is 240 g/mol. The van der Waals surface area contributed by atoms with Crippen molar-refractivity contribution in [2.75, 3.05) is 44.6 Å². The second-order valence-electron chi connectivity index (χ2n) is 5.06. The minimum atomic E-state index is 0.713. The fraction of sp³-hybridized carbons (Fsp3) is 0.692. The smallest absolute Gasteiger partial charge is 0.148 e. The largest absolute Gasteiger partial charge is 0.358 e. The van der Waals surface area contributed by atoms with Crippen LogP contribution in [-0.4, -0.2) is 49.1 Å². The number of rotatable bonds is 7. The average molecular weight is 266 g/mol. The van der Waals surface area contributed by atoms with Crippen molar-refractivity contribution in [3.63, 3.8) is 0 Å². The van der Waals surface area contributed by atoms with Crippen molar-refractivity contribution >= 4 is 11.6 Å². The van der Waals surface area contributed by atoms with Gasteiger partial charge in [-0.2, -0.15) is 0 Å². The standard InChI is InChI=1S/C13H26N6/c1-6-7-11-15-12(17-14)10(2)13(16-11)19(5)9-8-18(3)4/h6-9,14H2,1-5H3,(H,15,16,17). The Morgan fingerprint density at radius 3 is 2.37 bits per heavy atom. The van der Waals surface area contributed by atoms with E-state index in [1.54, 1.807) is 0 Å². The number of likely N-dealkylation sites (N-methyl/N-ethyl adjacent to an activating group) is 2. The second-order valence-corrected chi connectivity index (χ2v) is 5.06. The lowest BCUT2D eigenvalue weighted by Crippen LogP contribution is -2.30. The summed E-state index contributed by atoms with van der Waals surface area (Å²) in [6.07, 6.45) is 1.89. The Morgan fingerprint density at radius 2 is 1.84 bits per heavy atom. The number of nitrogens with zero attached hydrogens (tertiary/aromatic N) is 4. The Hall–Kier alpha value is -1.40. The third kappa shape index (κ3) is 4.33. The van der Waals surface area contributed by atoms with Gasteiger partial charge in [0.05, 0.1) is 0 Å². The maximum absolute atomic E-state index is 5.54. The van der Waals surface area contributed by atoms with E-state index in [1.807, 2.05) is 6.92 Å². The predicted molar refractivity (Wildman–Crippen MR) is 80.4 cm³/mol. The molecule has 0 aliphatic carbocycles. The lowest BCUT2D eigenvalue weighted by atomic mass is 10.2. The Bertz CT molecular complexity index is 404. The van der Waals surface area contributed by atoms with E-state index in [0.717, 1.165) is 43.1 Å². The fourth-order valence-electron chi connectivity index (χ4n) is 1.85. The first-order chi connectivity index (χ1) is 8.99. The Kier molecular flexibility index (Phi) is 5.98. The first kappa shape index (κ1) is 15.7. The maximum Gasteiger partial charge on any atom is 0.148 e. The van der Waals surface area contributed by atoms with Crippen molar-refractivity contribution < 1.29 is 0 Å². The van der Waals surface area contributed by atoms with Gasteiger partial charge in [0.25, 0.3) is 0 Å². The molecule has 3 N–H and O–H groups in total. The molecule has 6 nitrogen and oxygen atoms in total. The normalized spacial score (nSPS) is 10.9. The summed E-state index contributed by atoms with van der Waals surface area (Å²) in [7, 11) is 6.18. The van der Waals surface area contributed by atoms with Crippen LogP contribution < -0.4 is 16.2 Å². The average Bonchev–Trinajstić information content (AvgIpc) is 2.38. The summed E-state index contributed by atoms with van der Waals surface area (Å²) in [6.45, 7) is 6.01. The number of aryl methyl sites for hydroxylation is 1. The van der Waals surface area contributed by atoms with E-state index >= 15 is 0 Å². The highest BCUT2D eigenvalue weighted by Gasteiger charge is 2.13. The van der Waals surface area contributed by atoms with Gasteiger partial charge in [-0.05, 0) is 27.4 Å². The molecule has 0 aliphatic heterocycles. The summed E-state index contributed by atoms with van der Waals surface area (Å²) >= 11 is 0. The summed E-state index contributed by atoms with van der Waals surface area (Å²) in [5, 5.41) is 0. The van der Waals surface area contributed by atoms with Crippen molar-refractivity contribution in [2.24, 2.45) is 5.84 Å². The molecule has 1 aromatic rings. The molecule has 0 amide bonds. The highest BCUT2D eigenvalue weighted by molar-refractivity contribution is 5.57. The van der Waals surface area contributed by atoms with Gasteiger partial charge in [-0.3, -0.25) is 0 Å². The minimum Gasteiger partial charge on any atom is -0.358 e. The van der Waals surface area contributed by atoms with E-state index in [2.05, 4.69) is 53.3 Å². The second kappa shape index (κ2) is 7.25. The molecule has 1 heterocycles. The Labute approximate surface area is 116 Å². The van der Waals surface area contributed by atoms with Crippen molar-refractivity contribution in [1.29, 1.82) is 0 Å². The molecule has 0 fully saturated rings. The molecule has 6 heteroatoms. The van der Waals surface area contributed by atoms with Gasteiger partial charge in [0.15, 0.2) is 0 Å². The first-order valence-corrected chi connectivity index (χ1v) is 6.69. The first-order valence-electron chi connectivity index (χ1n) is 6.69. The van der Waals surface area contributed by atoms with Crippen LogP contribution in [0.2, 0.25) is 0 Å². The number of hydrogen-bond donors (Lipinski definition) is 2. The quantitative estimate of drug-likeness (QED) is 0.567. The van der Waals surface area contributed by atoms with Gasteiger partial charge < -0.3 is 15.2 Å². The van der Waals surface area contributed by atoms with Gasteiger partial charge >= 0.3 is 0 Å². The number of nitrogens with one attached hydrogen (secondary N) is 1. The van der Waals surface area contributed by atoms with Crippen molar-refractivity contribution in [1.82, 2.24) is 14.9 Å². The van der Waals surface area contributed by atoms with Gasteiger partial charge in [-0.25, -0.2) is 15.8 Å². The summed E-state index contributed by atoms with van der Waals surface area (Å²) in [5.41, 5.74) is 3.66. The van der Waals surface area contributed by atoms with Crippen LogP contribution >= 0.6 is 0 Å². The number of nitrogens with two attached hydrogens (primary N) is 1. The molecule has 0 saturated heterocycles. The molecule has 0 aliphatic rings. The van der Waals surface area contributed by atoms with Crippen LogP contribution in [-0.2, 0) is 6.42 Å². The van der Waals surface area contributed by atoms with E-state index in [4.69, 9.17) is 5.84 Å². The third-order valence-electron chi connectivity index (χ3n) is 3.02. The predicted octanol–water partition coefficient (Wildman–Crippen LogP) is 1.02. The molecule has 19 heavy (non-hydrogen) atoms. The van der Waals surface area contributed by atoms with Crippen LogP contribution in [0.4, 0.5) is 11.6 Å². The molecule has 0 saturated carbocycles. The Balaban J connectivity index is 2.99. The molecular formula is C13H26N6. The van der Waals surface area contributed by atoms with Crippen LogP contribution in [0.3, 0.4) is 0 Å². The van der Waals surface area contributed by atoms with E-state index in [0.29, 0.717) is 5.82 Å². The van der Waals surface area contributed by atoms with Gasteiger partial charge in [-0.15, -0.1) is 0 Å². The third-order valence-corrected chi connectivity index (χ3v) is 3.02. The molecule has 1 rings (SSSR count). The zero-order valence-corrected chi connectivity index (χ0v) is 12.7. The lowest BCUT2D eigenvalue weighted by Gasteiger charge is -2.23. The monoisotopic (exact) mass is 266 g/mol. The van der Waals surface area contributed by atoms with Crippen LogP contribution in [0.15, 0.2) is 0 Å². The van der Waals surface area contributed by atoms with E-state index in [9.17, 15) is 0 Å². The highest BCUT2D eigenvalue weighted by atomic mass is 15.3. The number of hydrazine groups is 1. The van der Waals surface area contributed by atoms with Crippen molar-refractivity contribution in [2.45, 2.75) is 26.7 Å². The topological polar surface area (TPSA) is 70.3 Å². The number of anilines is 2. The lowest BCUT2D eigenvalue weighted by molar-refractivity contribution is 0.416. The summed E-state index contributed by atoms with van der Waals surface area (Å²) < 4.78 is 0. The Morgan fingerprint density at radius 1 is 1.16 bits per heavy atom. The van der Waals surface area contributed by atoms with Crippen molar-refractivity contribution in [3.05, 3.63) is 11.4 Å². The number of aromatic nitrogens is 2. The van der Waals surface area contributed by atoms with Crippen LogP contribution in [0.1, 0.15) is 24.7 Å².